The van der Waals surface area contributed by atoms with Gasteiger partial charge < -0.3 is 44.4 Å². The topological polar surface area (TPSA) is 153 Å². The molecule has 4 aliphatic heterocycles. The third kappa shape index (κ3) is 11.6. The SMILES string of the molecule is CCC(O)C(C)C1OC1CC(C)(O)C=CC=C(C)C1OC(=O)CC(O)CCC(C)(O)C(OC(=O)N2CCC(N3CCCCC3)CC2)C=CC1C. The summed E-state index contributed by atoms with van der Waals surface area (Å²) in [6.45, 7) is 14.4. The van der Waals surface area contributed by atoms with E-state index in [2.05, 4.69) is 4.90 Å². The molecule has 10 unspecified atom stereocenters. The first-order valence-electron chi connectivity index (χ1n) is 19.0. The second kappa shape index (κ2) is 18.0. The Kier molecular flexibility index (Phi) is 14.6. The Bertz CT molecular complexity index is 1200. The molecule has 4 heterocycles. The van der Waals surface area contributed by atoms with Gasteiger partial charge >= 0.3 is 12.1 Å². The van der Waals surface area contributed by atoms with E-state index in [9.17, 15) is 30.0 Å². The summed E-state index contributed by atoms with van der Waals surface area (Å²) >= 11 is 0. The molecule has 0 saturated carbocycles. The van der Waals surface area contributed by atoms with Gasteiger partial charge in [0.25, 0.3) is 0 Å². The molecule has 0 bridgehead atoms. The molecule has 0 radical (unpaired) electrons. The molecular weight excluding hydrogens is 640 g/mol. The monoisotopic (exact) mass is 704 g/mol. The molecule has 4 rings (SSSR count). The van der Waals surface area contributed by atoms with Crippen molar-refractivity contribution >= 4 is 12.1 Å². The standard InChI is InChI=1S/C39H64N2O9/c1-7-31(43)28(4)36-32(48-36)25-38(5,46)18-11-12-26(2)35-27(3)13-14-33(39(6,47)19-15-30(42)24-34(44)50-35)49-37(45)41-22-16-29(17-23-41)40-20-9-8-10-21-40/h11-14,18,27-33,35-36,42-43,46-47H,7-10,15-17,19-25H2,1-6H3. The second-order valence-corrected chi connectivity index (χ2v) is 15.8. The average Bonchev–Trinajstić information content (AvgIpc) is 3.84. The quantitative estimate of drug-likeness (QED) is 0.109. The van der Waals surface area contributed by atoms with E-state index in [1.807, 2.05) is 27.7 Å². The van der Waals surface area contributed by atoms with Gasteiger partial charge in [-0.1, -0.05) is 51.5 Å². The number of piperidine rings is 2. The van der Waals surface area contributed by atoms with Crippen LogP contribution < -0.4 is 0 Å². The summed E-state index contributed by atoms with van der Waals surface area (Å²) in [5.41, 5.74) is -1.92. The zero-order valence-corrected chi connectivity index (χ0v) is 31.2. The minimum absolute atomic E-state index is 0.00979. The van der Waals surface area contributed by atoms with Gasteiger partial charge in [-0.05, 0) is 90.5 Å². The third-order valence-corrected chi connectivity index (χ3v) is 11.2. The number of carbonyl (C=O) groups excluding carboxylic acids is 2. The zero-order valence-electron chi connectivity index (χ0n) is 31.2. The largest absolute Gasteiger partial charge is 0.457 e. The summed E-state index contributed by atoms with van der Waals surface area (Å²) in [5, 5.41) is 43.4. The number of carbonyl (C=O) groups is 2. The van der Waals surface area contributed by atoms with Crippen molar-refractivity contribution in [2.75, 3.05) is 26.2 Å². The van der Waals surface area contributed by atoms with Crippen LogP contribution >= 0.6 is 0 Å². The van der Waals surface area contributed by atoms with Gasteiger partial charge in [0, 0.05) is 37.4 Å². The molecule has 11 heteroatoms. The van der Waals surface area contributed by atoms with Crippen molar-refractivity contribution in [2.45, 2.75) is 160 Å². The molecule has 284 valence electrons. The lowest BCUT2D eigenvalue weighted by molar-refractivity contribution is -0.151. The van der Waals surface area contributed by atoms with Crippen molar-refractivity contribution in [2.24, 2.45) is 11.8 Å². The smallest absolute Gasteiger partial charge is 0.410 e. The van der Waals surface area contributed by atoms with Gasteiger partial charge in [0.1, 0.15) is 11.7 Å². The first-order valence-corrected chi connectivity index (χ1v) is 19.0. The van der Waals surface area contributed by atoms with Gasteiger partial charge in [-0.25, -0.2) is 4.79 Å². The summed E-state index contributed by atoms with van der Waals surface area (Å²) in [7, 11) is 0. The second-order valence-electron chi connectivity index (χ2n) is 15.8. The van der Waals surface area contributed by atoms with Gasteiger partial charge in [0.05, 0.1) is 36.4 Å². The number of rotatable bonds is 10. The molecule has 0 aromatic rings. The normalized spacial score (nSPS) is 35.0. The van der Waals surface area contributed by atoms with Crippen LogP contribution in [-0.2, 0) is 19.0 Å². The number of hydrogen-bond acceptors (Lipinski definition) is 10. The Morgan fingerprint density at radius 1 is 1.16 bits per heavy atom. The summed E-state index contributed by atoms with van der Waals surface area (Å²) in [6.07, 6.45) is 11.4. The van der Waals surface area contributed by atoms with Gasteiger partial charge in [-0.15, -0.1) is 0 Å². The average molecular weight is 705 g/mol. The minimum Gasteiger partial charge on any atom is -0.457 e. The lowest BCUT2D eigenvalue weighted by Gasteiger charge is -2.40. The zero-order chi connectivity index (χ0) is 36.6. The maximum absolute atomic E-state index is 13.4. The van der Waals surface area contributed by atoms with Crippen LogP contribution in [0.5, 0.6) is 0 Å². The van der Waals surface area contributed by atoms with E-state index in [1.54, 1.807) is 49.1 Å². The molecule has 0 aromatic heterocycles. The number of likely N-dealkylation sites (tertiary alicyclic amines) is 2. The van der Waals surface area contributed by atoms with Gasteiger partial charge in [0.15, 0.2) is 6.10 Å². The minimum atomic E-state index is -1.48. The molecule has 4 aliphatic rings. The van der Waals surface area contributed by atoms with Crippen molar-refractivity contribution < 1.29 is 44.2 Å². The summed E-state index contributed by atoms with van der Waals surface area (Å²) < 4.78 is 17.6. The Morgan fingerprint density at radius 2 is 1.84 bits per heavy atom. The van der Waals surface area contributed by atoms with Crippen LogP contribution in [0.1, 0.15) is 106 Å². The maximum atomic E-state index is 13.4. The molecule has 0 spiro atoms. The molecular formula is C39H64N2O9. The van der Waals surface area contributed by atoms with E-state index in [1.165, 1.54) is 19.3 Å². The Labute approximate surface area is 299 Å². The highest BCUT2D eigenvalue weighted by molar-refractivity contribution is 5.70. The first-order chi connectivity index (χ1) is 23.6. The molecule has 50 heavy (non-hydrogen) atoms. The molecule has 11 nitrogen and oxygen atoms in total. The fourth-order valence-corrected chi connectivity index (χ4v) is 7.68. The van der Waals surface area contributed by atoms with Crippen LogP contribution in [0.15, 0.2) is 36.0 Å². The predicted octanol–water partition coefficient (Wildman–Crippen LogP) is 4.66. The lowest BCUT2D eigenvalue weighted by Crippen LogP contribution is -2.50. The fraction of sp³-hybridized carbons (Fsp3) is 0.795. The lowest BCUT2D eigenvalue weighted by atomic mass is 9.88. The van der Waals surface area contributed by atoms with E-state index >= 15 is 0 Å². The molecule has 0 aromatic carbocycles. The van der Waals surface area contributed by atoms with E-state index in [0.29, 0.717) is 37.5 Å². The number of aliphatic hydroxyl groups is 4. The number of esters is 1. The molecule has 3 saturated heterocycles. The van der Waals surface area contributed by atoms with Crippen LogP contribution in [0.2, 0.25) is 0 Å². The van der Waals surface area contributed by atoms with Crippen molar-refractivity contribution in [3.05, 3.63) is 36.0 Å². The van der Waals surface area contributed by atoms with E-state index in [0.717, 1.165) is 25.9 Å². The molecule has 1 amide bonds. The van der Waals surface area contributed by atoms with Crippen LogP contribution in [0.3, 0.4) is 0 Å². The number of nitrogens with zero attached hydrogens (tertiary/aromatic N) is 2. The Morgan fingerprint density at radius 3 is 2.50 bits per heavy atom. The number of cyclic esters (lactones) is 1. The third-order valence-electron chi connectivity index (χ3n) is 11.2. The number of aliphatic hydroxyl groups excluding tert-OH is 2. The van der Waals surface area contributed by atoms with Crippen molar-refractivity contribution in [1.82, 2.24) is 9.80 Å². The van der Waals surface area contributed by atoms with Crippen LogP contribution in [0, 0.1) is 11.8 Å². The number of amides is 1. The summed E-state index contributed by atoms with van der Waals surface area (Å²) in [6, 6.07) is 0.483. The highest BCUT2D eigenvalue weighted by Gasteiger charge is 2.47. The maximum Gasteiger partial charge on any atom is 0.410 e. The number of ether oxygens (including phenoxy) is 3. The Hall–Kier alpha value is -2.28. The van der Waals surface area contributed by atoms with E-state index < -0.39 is 47.7 Å². The number of hydrogen-bond donors (Lipinski definition) is 4. The molecule has 3 fully saturated rings. The van der Waals surface area contributed by atoms with Crippen molar-refractivity contribution in [1.29, 1.82) is 0 Å². The van der Waals surface area contributed by atoms with Crippen LogP contribution in [0.4, 0.5) is 4.79 Å². The number of allylic oxidation sites excluding steroid dienone is 2. The molecule has 0 aliphatic carbocycles. The first kappa shape index (κ1) is 40.5. The van der Waals surface area contributed by atoms with Gasteiger partial charge in [0.2, 0.25) is 0 Å². The summed E-state index contributed by atoms with van der Waals surface area (Å²) in [4.78, 5) is 30.6. The summed E-state index contributed by atoms with van der Waals surface area (Å²) in [5.74, 6) is -0.933. The predicted molar refractivity (Wildman–Crippen MR) is 191 cm³/mol. The highest BCUT2D eigenvalue weighted by Crippen LogP contribution is 2.37. The van der Waals surface area contributed by atoms with E-state index in [4.69, 9.17) is 14.2 Å². The van der Waals surface area contributed by atoms with Gasteiger partial charge in [-0.3, -0.25) is 4.79 Å². The van der Waals surface area contributed by atoms with Crippen LogP contribution in [-0.4, -0.2) is 122 Å². The van der Waals surface area contributed by atoms with Crippen molar-refractivity contribution in [3.63, 3.8) is 0 Å². The Balaban J connectivity index is 1.42. The van der Waals surface area contributed by atoms with Gasteiger partial charge in [-0.2, -0.15) is 0 Å². The van der Waals surface area contributed by atoms with Crippen LogP contribution in [0.25, 0.3) is 0 Å². The number of epoxide rings is 1. The molecule has 10 atom stereocenters. The highest BCUT2D eigenvalue weighted by atomic mass is 16.6. The fourth-order valence-electron chi connectivity index (χ4n) is 7.68. The van der Waals surface area contributed by atoms with Crippen molar-refractivity contribution in [3.8, 4) is 0 Å². The molecule has 4 N–H and O–H groups in total. The van der Waals surface area contributed by atoms with E-state index in [-0.39, 0.29) is 43.3 Å².